The molecule has 0 spiro atoms. The van der Waals surface area contributed by atoms with E-state index in [4.69, 9.17) is 5.73 Å². The summed E-state index contributed by atoms with van der Waals surface area (Å²) in [5, 5.41) is 2.06. The summed E-state index contributed by atoms with van der Waals surface area (Å²) < 4.78 is 0. The average molecular weight is 225 g/mol. The van der Waals surface area contributed by atoms with Crippen LogP contribution in [0, 0.1) is 0 Å². The first-order valence-corrected chi connectivity index (χ1v) is 5.76. The lowest BCUT2D eigenvalue weighted by Crippen LogP contribution is -2.21. The van der Waals surface area contributed by atoms with Crippen molar-refractivity contribution in [2.24, 2.45) is 5.73 Å². The molecule has 1 aliphatic rings. The van der Waals surface area contributed by atoms with E-state index in [1.807, 2.05) is 48.5 Å². The minimum Gasteiger partial charge on any atom is -0.311 e. The van der Waals surface area contributed by atoms with Crippen LogP contribution in [0.4, 0.5) is 0 Å². The van der Waals surface area contributed by atoms with Gasteiger partial charge in [-0.15, -0.1) is 0 Å². The van der Waals surface area contributed by atoms with E-state index >= 15 is 0 Å². The average Bonchev–Trinajstić information content (AvgIpc) is 3.20. The van der Waals surface area contributed by atoms with Crippen LogP contribution in [0.2, 0.25) is 0 Å². The van der Waals surface area contributed by atoms with Crippen molar-refractivity contribution >= 4 is 0 Å². The summed E-state index contributed by atoms with van der Waals surface area (Å²) in [5.74, 6) is 0. The van der Waals surface area contributed by atoms with Gasteiger partial charge in [0.25, 0.3) is 0 Å². The van der Waals surface area contributed by atoms with Gasteiger partial charge in [0.15, 0.2) is 0 Å². The molecule has 86 valence electrons. The second-order valence-corrected chi connectivity index (χ2v) is 4.21. The molecule has 17 heavy (non-hydrogen) atoms. The van der Waals surface area contributed by atoms with Gasteiger partial charge in [-0.05, 0) is 11.1 Å². The summed E-state index contributed by atoms with van der Waals surface area (Å²) in [7, 11) is 0. The number of nitrogens with two attached hydrogens (primary N) is 1. The molecule has 3 heteroatoms. The molecule has 3 N–H and O–H groups in total. The zero-order valence-corrected chi connectivity index (χ0v) is 9.45. The molecule has 2 unspecified atom stereocenters. The van der Waals surface area contributed by atoms with Crippen molar-refractivity contribution in [2.45, 2.75) is 12.3 Å². The molecule has 0 bridgehead atoms. The van der Waals surface area contributed by atoms with Gasteiger partial charge in [-0.1, -0.05) is 60.7 Å². The lowest BCUT2D eigenvalue weighted by molar-refractivity contribution is 0.368. The van der Waals surface area contributed by atoms with E-state index in [9.17, 15) is 0 Å². The molecule has 0 radical (unpaired) electrons. The fourth-order valence-electron chi connectivity index (χ4n) is 2.03. The second kappa shape index (κ2) is 4.30. The molecule has 0 amide bonds. The molecule has 2 aromatic carbocycles. The maximum Gasteiger partial charge on any atom is 0.114 e. The van der Waals surface area contributed by atoms with Crippen LogP contribution in [-0.4, -0.2) is 5.01 Å². The topological polar surface area (TPSA) is 51.0 Å². The van der Waals surface area contributed by atoms with Crippen molar-refractivity contribution < 1.29 is 0 Å². The number of nitrogens with one attached hydrogen (secondary N) is 1. The van der Waals surface area contributed by atoms with Crippen LogP contribution in [0.5, 0.6) is 0 Å². The van der Waals surface area contributed by atoms with Crippen molar-refractivity contribution in [3.05, 3.63) is 71.8 Å². The highest BCUT2D eigenvalue weighted by atomic mass is 15.8. The molecular weight excluding hydrogens is 210 g/mol. The number of benzene rings is 2. The van der Waals surface area contributed by atoms with Gasteiger partial charge in [0.05, 0.1) is 6.17 Å². The highest BCUT2D eigenvalue weighted by Crippen LogP contribution is 2.34. The molecule has 3 atom stereocenters. The van der Waals surface area contributed by atoms with Crippen LogP contribution in [0.1, 0.15) is 23.5 Å². The van der Waals surface area contributed by atoms with E-state index in [1.54, 1.807) is 0 Å². The Morgan fingerprint density at radius 2 is 1.53 bits per heavy atom. The van der Waals surface area contributed by atoms with E-state index in [-0.39, 0.29) is 12.3 Å². The molecule has 3 nitrogen and oxygen atoms in total. The van der Waals surface area contributed by atoms with Gasteiger partial charge in [0, 0.05) is 0 Å². The summed E-state index contributed by atoms with van der Waals surface area (Å²) >= 11 is 0. The number of hydrazine groups is 1. The van der Waals surface area contributed by atoms with E-state index in [1.165, 1.54) is 5.56 Å². The second-order valence-electron chi connectivity index (χ2n) is 4.21. The summed E-state index contributed by atoms with van der Waals surface area (Å²) in [5.41, 5.74) is 11.9. The fourth-order valence-corrected chi connectivity index (χ4v) is 2.03. The van der Waals surface area contributed by atoms with Crippen LogP contribution < -0.4 is 11.2 Å². The first-order valence-electron chi connectivity index (χ1n) is 5.76. The zero-order chi connectivity index (χ0) is 11.7. The molecule has 1 fully saturated rings. The summed E-state index contributed by atoms with van der Waals surface area (Å²) in [6.07, 6.45) is 0.146. The van der Waals surface area contributed by atoms with E-state index in [2.05, 4.69) is 22.6 Å². The molecule has 1 heterocycles. The molecule has 2 aromatic rings. The first kappa shape index (κ1) is 10.5. The summed E-state index contributed by atoms with van der Waals surface area (Å²) in [4.78, 5) is 0. The van der Waals surface area contributed by atoms with Crippen LogP contribution >= 0.6 is 0 Å². The smallest absolute Gasteiger partial charge is 0.114 e. The minimum atomic E-state index is -0.0959. The molecule has 1 saturated heterocycles. The van der Waals surface area contributed by atoms with Crippen LogP contribution in [0.25, 0.3) is 0 Å². The van der Waals surface area contributed by atoms with Crippen molar-refractivity contribution in [3.8, 4) is 0 Å². The molecule has 0 aliphatic carbocycles. The fraction of sp³-hybridized carbons (Fsp3) is 0.143. The normalized spacial score (nSPS) is 24.3. The Kier molecular flexibility index (Phi) is 2.65. The Morgan fingerprint density at radius 1 is 0.941 bits per heavy atom. The van der Waals surface area contributed by atoms with Gasteiger partial charge in [0.2, 0.25) is 0 Å². The molecule has 1 aliphatic heterocycles. The van der Waals surface area contributed by atoms with Crippen molar-refractivity contribution in [3.63, 3.8) is 0 Å². The maximum atomic E-state index is 6.19. The van der Waals surface area contributed by atoms with Crippen molar-refractivity contribution in [2.75, 3.05) is 0 Å². The largest absolute Gasteiger partial charge is 0.311 e. The molecule has 3 rings (SSSR count). The predicted octanol–water partition coefficient (Wildman–Crippen LogP) is 2.16. The van der Waals surface area contributed by atoms with Gasteiger partial charge in [-0.3, -0.25) is 0 Å². The Labute approximate surface area is 101 Å². The highest BCUT2D eigenvalue weighted by molar-refractivity contribution is 5.24. The first-order chi connectivity index (χ1) is 8.36. The quantitative estimate of drug-likeness (QED) is 0.787. The number of hydrogen-bond donors (Lipinski definition) is 2. The third-order valence-electron chi connectivity index (χ3n) is 3.04. The van der Waals surface area contributed by atoms with Crippen LogP contribution in [-0.2, 0) is 0 Å². The monoisotopic (exact) mass is 225 g/mol. The van der Waals surface area contributed by atoms with E-state index in [0.717, 1.165) is 5.56 Å². The standard InChI is InChI=1S/C14H15N3/c15-13(11-7-3-1-4-8-11)17-14(16-17)12-9-5-2-6-10-12/h1-10,13-14,16H,15H2/t13?,14?,17-/m0/s1. The van der Waals surface area contributed by atoms with E-state index in [0.29, 0.717) is 0 Å². The van der Waals surface area contributed by atoms with Gasteiger partial charge in [-0.2, -0.15) is 5.01 Å². The summed E-state index contributed by atoms with van der Waals surface area (Å²) in [6, 6.07) is 20.4. The lowest BCUT2D eigenvalue weighted by atomic mass is 10.1. The van der Waals surface area contributed by atoms with Crippen LogP contribution in [0.3, 0.4) is 0 Å². The Balaban J connectivity index is 1.73. The highest BCUT2D eigenvalue weighted by Gasteiger charge is 2.39. The van der Waals surface area contributed by atoms with Gasteiger partial charge >= 0.3 is 0 Å². The van der Waals surface area contributed by atoms with Crippen molar-refractivity contribution in [1.82, 2.24) is 10.4 Å². The maximum absolute atomic E-state index is 6.19. The Hall–Kier alpha value is -1.68. The Bertz CT molecular complexity index is 483. The third kappa shape index (κ3) is 2.08. The minimum absolute atomic E-state index is 0.0959. The molecule has 0 aromatic heterocycles. The molecular formula is C14H15N3. The van der Waals surface area contributed by atoms with Crippen molar-refractivity contribution in [1.29, 1.82) is 0 Å². The van der Waals surface area contributed by atoms with Gasteiger partial charge in [-0.25, -0.2) is 5.43 Å². The summed E-state index contributed by atoms with van der Waals surface area (Å²) in [6.45, 7) is 0. The Morgan fingerprint density at radius 3 is 2.18 bits per heavy atom. The predicted molar refractivity (Wildman–Crippen MR) is 67.5 cm³/mol. The number of hydrogen-bond acceptors (Lipinski definition) is 3. The van der Waals surface area contributed by atoms with Gasteiger partial charge < -0.3 is 5.73 Å². The SMILES string of the molecule is NC(c1ccccc1)[N@]1NC1c1ccccc1. The number of nitrogens with zero attached hydrogens (tertiary/aromatic N) is 1. The zero-order valence-electron chi connectivity index (χ0n) is 9.45. The molecule has 0 saturated carbocycles. The lowest BCUT2D eigenvalue weighted by Gasteiger charge is -2.12. The van der Waals surface area contributed by atoms with Gasteiger partial charge in [0.1, 0.15) is 6.17 Å². The number of rotatable bonds is 3. The van der Waals surface area contributed by atoms with Crippen LogP contribution in [0.15, 0.2) is 60.7 Å². The van der Waals surface area contributed by atoms with E-state index < -0.39 is 0 Å². The third-order valence-corrected chi connectivity index (χ3v) is 3.04.